The van der Waals surface area contributed by atoms with Gasteiger partial charge in [0, 0.05) is 12.5 Å². The third-order valence-corrected chi connectivity index (χ3v) is 3.87. The van der Waals surface area contributed by atoms with E-state index in [0.29, 0.717) is 0 Å². The van der Waals surface area contributed by atoms with Gasteiger partial charge in [-0.3, -0.25) is 0 Å². The summed E-state index contributed by atoms with van der Waals surface area (Å²) in [6, 6.07) is 10.5. The first-order valence-corrected chi connectivity index (χ1v) is 6.54. The fourth-order valence-electron chi connectivity index (χ4n) is 2.97. The molecule has 1 atom stereocenters. The molecule has 1 fully saturated rings. The molecule has 1 aliphatic rings. The van der Waals surface area contributed by atoms with E-state index in [0.717, 1.165) is 32.2 Å². The molecule has 0 bridgehead atoms. The van der Waals surface area contributed by atoms with Crippen LogP contribution in [0.2, 0.25) is 0 Å². The van der Waals surface area contributed by atoms with Gasteiger partial charge in [-0.05, 0) is 32.5 Å². The highest BCUT2D eigenvalue weighted by atomic mass is 16.3. The van der Waals surface area contributed by atoms with E-state index in [2.05, 4.69) is 43.3 Å². The Morgan fingerprint density at radius 2 is 1.76 bits per heavy atom. The molecule has 0 unspecified atom stereocenters. The first-order valence-electron chi connectivity index (χ1n) is 6.54. The molecule has 1 aromatic rings. The zero-order valence-electron chi connectivity index (χ0n) is 10.9. The third kappa shape index (κ3) is 2.88. The highest BCUT2D eigenvalue weighted by molar-refractivity contribution is 5.24. The van der Waals surface area contributed by atoms with Crippen molar-refractivity contribution in [3.05, 3.63) is 35.9 Å². The van der Waals surface area contributed by atoms with Crippen LogP contribution in [0.25, 0.3) is 0 Å². The number of benzene rings is 1. The molecule has 2 rings (SSSR count). The van der Waals surface area contributed by atoms with Gasteiger partial charge < -0.3 is 10.0 Å². The van der Waals surface area contributed by atoms with Gasteiger partial charge in [0.15, 0.2) is 0 Å². The highest BCUT2D eigenvalue weighted by Gasteiger charge is 2.40. The SMILES string of the molecule is CN(C)C[C@H](c1ccccc1)C1(O)CCCC1. The standard InChI is InChI=1S/C15H23NO/c1-16(2)12-14(13-8-4-3-5-9-13)15(17)10-6-7-11-15/h3-5,8-9,14,17H,6-7,10-12H2,1-2H3/t14-/m1/s1. The zero-order valence-corrected chi connectivity index (χ0v) is 10.9. The van der Waals surface area contributed by atoms with E-state index in [-0.39, 0.29) is 5.92 Å². The fraction of sp³-hybridized carbons (Fsp3) is 0.600. The van der Waals surface area contributed by atoms with Crippen LogP contribution in [-0.4, -0.2) is 36.2 Å². The van der Waals surface area contributed by atoms with Crippen LogP contribution >= 0.6 is 0 Å². The normalized spacial score (nSPS) is 20.7. The molecule has 0 heterocycles. The van der Waals surface area contributed by atoms with Crippen LogP contribution in [0.5, 0.6) is 0 Å². The van der Waals surface area contributed by atoms with Crippen LogP contribution in [0.3, 0.4) is 0 Å². The second-order valence-corrected chi connectivity index (χ2v) is 5.54. The van der Waals surface area contributed by atoms with Crippen molar-refractivity contribution < 1.29 is 5.11 Å². The molecule has 0 aromatic heterocycles. The molecule has 0 saturated heterocycles. The van der Waals surface area contributed by atoms with Gasteiger partial charge in [-0.1, -0.05) is 43.2 Å². The van der Waals surface area contributed by atoms with Gasteiger partial charge >= 0.3 is 0 Å². The van der Waals surface area contributed by atoms with E-state index >= 15 is 0 Å². The molecule has 1 N–H and O–H groups in total. The molecule has 94 valence electrons. The van der Waals surface area contributed by atoms with Crippen LogP contribution in [0.4, 0.5) is 0 Å². The summed E-state index contributed by atoms with van der Waals surface area (Å²) in [6.07, 6.45) is 4.21. The summed E-state index contributed by atoms with van der Waals surface area (Å²) in [4.78, 5) is 2.17. The minimum absolute atomic E-state index is 0.237. The predicted octanol–water partition coefficient (Wildman–Crippen LogP) is 2.64. The van der Waals surface area contributed by atoms with Gasteiger partial charge in [-0.15, -0.1) is 0 Å². The van der Waals surface area contributed by atoms with Gasteiger partial charge in [0.25, 0.3) is 0 Å². The summed E-state index contributed by atoms with van der Waals surface area (Å²) in [7, 11) is 4.16. The molecule has 1 saturated carbocycles. The Morgan fingerprint density at radius 3 is 2.29 bits per heavy atom. The maximum Gasteiger partial charge on any atom is 0.0728 e. The van der Waals surface area contributed by atoms with Crippen molar-refractivity contribution in [3.63, 3.8) is 0 Å². The zero-order chi connectivity index (χ0) is 12.3. The van der Waals surface area contributed by atoms with Crippen molar-refractivity contribution in [3.8, 4) is 0 Å². The Bertz CT molecular complexity index is 341. The average Bonchev–Trinajstić information content (AvgIpc) is 2.75. The van der Waals surface area contributed by atoms with E-state index < -0.39 is 5.60 Å². The van der Waals surface area contributed by atoms with Crippen LogP contribution < -0.4 is 0 Å². The summed E-state index contributed by atoms with van der Waals surface area (Å²) in [6.45, 7) is 0.917. The second kappa shape index (κ2) is 5.19. The van der Waals surface area contributed by atoms with Crippen LogP contribution in [-0.2, 0) is 0 Å². The van der Waals surface area contributed by atoms with E-state index in [4.69, 9.17) is 0 Å². The number of rotatable bonds is 4. The maximum atomic E-state index is 10.8. The number of hydrogen-bond donors (Lipinski definition) is 1. The minimum atomic E-state index is -0.494. The topological polar surface area (TPSA) is 23.5 Å². The number of nitrogens with zero attached hydrogens (tertiary/aromatic N) is 1. The van der Waals surface area contributed by atoms with Gasteiger partial charge in [-0.25, -0.2) is 0 Å². The van der Waals surface area contributed by atoms with Gasteiger partial charge in [-0.2, -0.15) is 0 Å². The van der Waals surface area contributed by atoms with Crippen LogP contribution in [0, 0.1) is 0 Å². The van der Waals surface area contributed by atoms with Crippen molar-refractivity contribution >= 4 is 0 Å². The summed E-state index contributed by atoms with van der Waals surface area (Å²) in [5, 5.41) is 10.8. The Balaban J connectivity index is 2.25. The van der Waals surface area contributed by atoms with Crippen molar-refractivity contribution in [1.29, 1.82) is 0 Å². The minimum Gasteiger partial charge on any atom is -0.389 e. The number of hydrogen-bond acceptors (Lipinski definition) is 2. The second-order valence-electron chi connectivity index (χ2n) is 5.54. The molecule has 1 aromatic carbocycles. The lowest BCUT2D eigenvalue weighted by Crippen LogP contribution is -2.39. The molecule has 17 heavy (non-hydrogen) atoms. The lowest BCUT2D eigenvalue weighted by Gasteiger charge is -2.35. The molecular weight excluding hydrogens is 210 g/mol. The summed E-state index contributed by atoms with van der Waals surface area (Å²) in [5.74, 6) is 0.237. The van der Waals surface area contributed by atoms with E-state index in [9.17, 15) is 5.11 Å². The Labute approximate surface area is 104 Å². The van der Waals surface area contributed by atoms with Crippen molar-refractivity contribution in [2.45, 2.75) is 37.2 Å². The molecule has 2 nitrogen and oxygen atoms in total. The number of aliphatic hydroxyl groups is 1. The molecule has 0 radical (unpaired) electrons. The van der Waals surface area contributed by atoms with E-state index in [1.54, 1.807) is 0 Å². The molecule has 0 spiro atoms. The largest absolute Gasteiger partial charge is 0.389 e. The fourth-order valence-corrected chi connectivity index (χ4v) is 2.97. The first kappa shape index (κ1) is 12.6. The lowest BCUT2D eigenvalue weighted by molar-refractivity contribution is 0.0106. The van der Waals surface area contributed by atoms with Crippen LogP contribution in [0.15, 0.2) is 30.3 Å². The van der Waals surface area contributed by atoms with Gasteiger partial charge in [0.2, 0.25) is 0 Å². The first-order chi connectivity index (χ1) is 8.12. The van der Waals surface area contributed by atoms with Crippen molar-refractivity contribution in [2.75, 3.05) is 20.6 Å². The maximum absolute atomic E-state index is 10.8. The quantitative estimate of drug-likeness (QED) is 0.864. The Hall–Kier alpha value is -0.860. The monoisotopic (exact) mass is 233 g/mol. The van der Waals surface area contributed by atoms with E-state index in [1.165, 1.54) is 5.56 Å². The van der Waals surface area contributed by atoms with Gasteiger partial charge in [0.1, 0.15) is 0 Å². The van der Waals surface area contributed by atoms with E-state index in [1.807, 2.05) is 6.07 Å². The smallest absolute Gasteiger partial charge is 0.0728 e. The van der Waals surface area contributed by atoms with Crippen LogP contribution in [0.1, 0.15) is 37.2 Å². The molecular formula is C15H23NO. The Kier molecular flexibility index (Phi) is 3.85. The Morgan fingerprint density at radius 1 is 1.18 bits per heavy atom. The predicted molar refractivity (Wildman–Crippen MR) is 71.2 cm³/mol. The molecule has 0 amide bonds. The lowest BCUT2D eigenvalue weighted by atomic mass is 9.80. The molecule has 2 heteroatoms. The highest BCUT2D eigenvalue weighted by Crippen LogP contribution is 2.41. The number of likely N-dealkylation sites (N-methyl/N-ethyl adjacent to an activating group) is 1. The molecule has 0 aliphatic heterocycles. The van der Waals surface area contributed by atoms with Crippen molar-refractivity contribution in [1.82, 2.24) is 4.90 Å². The average molecular weight is 233 g/mol. The van der Waals surface area contributed by atoms with Gasteiger partial charge in [0.05, 0.1) is 5.60 Å². The van der Waals surface area contributed by atoms with Crippen molar-refractivity contribution in [2.24, 2.45) is 0 Å². The third-order valence-electron chi connectivity index (χ3n) is 3.87. The summed E-state index contributed by atoms with van der Waals surface area (Å²) in [5.41, 5.74) is 0.775. The summed E-state index contributed by atoms with van der Waals surface area (Å²) >= 11 is 0. The molecule has 1 aliphatic carbocycles. The summed E-state index contributed by atoms with van der Waals surface area (Å²) < 4.78 is 0.